The van der Waals surface area contributed by atoms with Gasteiger partial charge in [-0.05, 0) is 36.8 Å². The highest BCUT2D eigenvalue weighted by atomic mass is 16.5. The van der Waals surface area contributed by atoms with Gasteiger partial charge in [0.15, 0.2) is 0 Å². The molecule has 0 amide bonds. The summed E-state index contributed by atoms with van der Waals surface area (Å²) in [5.74, 6) is 1.22. The number of benzene rings is 2. The molecule has 2 aromatic carbocycles. The normalized spacial score (nSPS) is 13.7. The van der Waals surface area contributed by atoms with Gasteiger partial charge in [0.05, 0.1) is 6.10 Å². The molecule has 1 nitrogen and oxygen atoms in total. The first-order valence-electron chi connectivity index (χ1n) is 10.5. The van der Waals surface area contributed by atoms with E-state index < -0.39 is 0 Å². The van der Waals surface area contributed by atoms with Crippen LogP contribution in [0.3, 0.4) is 0 Å². The van der Waals surface area contributed by atoms with Crippen LogP contribution in [0.4, 0.5) is 0 Å². The summed E-state index contributed by atoms with van der Waals surface area (Å²) in [4.78, 5) is 0. The molecule has 0 spiro atoms. The molecule has 26 heavy (non-hydrogen) atoms. The van der Waals surface area contributed by atoms with Gasteiger partial charge in [0.2, 0.25) is 0 Å². The van der Waals surface area contributed by atoms with Crippen molar-refractivity contribution in [3.63, 3.8) is 0 Å². The van der Waals surface area contributed by atoms with Gasteiger partial charge in [-0.15, -0.1) is 0 Å². The minimum atomic E-state index is 0.268. The molecule has 2 atom stereocenters. The molecule has 0 fully saturated rings. The highest BCUT2D eigenvalue weighted by Gasteiger charge is 2.18. The van der Waals surface area contributed by atoms with Crippen LogP contribution in [-0.2, 0) is 4.74 Å². The first kappa shape index (κ1) is 20.7. The molecule has 0 heterocycles. The van der Waals surface area contributed by atoms with Crippen LogP contribution in [0, 0.1) is 5.92 Å². The zero-order chi connectivity index (χ0) is 18.6. The van der Waals surface area contributed by atoms with Crippen molar-refractivity contribution in [1.29, 1.82) is 0 Å². The fourth-order valence-corrected chi connectivity index (χ4v) is 3.72. The van der Waals surface area contributed by atoms with Crippen LogP contribution in [0.15, 0.2) is 60.7 Å². The quantitative estimate of drug-likeness (QED) is 0.392. The van der Waals surface area contributed by atoms with Crippen molar-refractivity contribution >= 4 is 0 Å². The second-order valence-corrected chi connectivity index (χ2v) is 7.50. The number of ether oxygens (including phenoxy) is 1. The van der Waals surface area contributed by atoms with Crippen LogP contribution >= 0.6 is 0 Å². The number of hydrogen-bond donors (Lipinski definition) is 0. The Balaban J connectivity index is 1.91. The lowest BCUT2D eigenvalue weighted by Gasteiger charge is -2.23. The van der Waals surface area contributed by atoms with Gasteiger partial charge in [-0.2, -0.15) is 0 Å². The van der Waals surface area contributed by atoms with Crippen molar-refractivity contribution in [2.45, 2.75) is 71.3 Å². The Morgan fingerprint density at radius 3 is 1.88 bits per heavy atom. The zero-order valence-corrected chi connectivity index (χ0v) is 16.9. The third-order valence-corrected chi connectivity index (χ3v) is 5.44. The molecule has 0 aromatic heterocycles. The zero-order valence-electron chi connectivity index (χ0n) is 16.9. The van der Waals surface area contributed by atoms with Crippen molar-refractivity contribution < 1.29 is 4.74 Å². The summed E-state index contributed by atoms with van der Waals surface area (Å²) in [7, 11) is 0. The van der Waals surface area contributed by atoms with E-state index in [2.05, 4.69) is 81.4 Å². The Kier molecular flexibility index (Phi) is 9.48. The van der Waals surface area contributed by atoms with E-state index in [1.807, 2.05) is 0 Å². The van der Waals surface area contributed by atoms with Gasteiger partial charge in [0.1, 0.15) is 0 Å². The molecule has 142 valence electrons. The fourth-order valence-electron chi connectivity index (χ4n) is 3.72. The summed E-state index contributed by atoms with van der Waals surface area (Å²) >= 11 is 0. The molecule has 0 N–H and O–H groups in total. The van der Waals surface area contributed by atoms with Crippen molar-refractivity contribution in [1.82, 2.24) is 0 Å². The molecule has 0 aliphatic rings. The maximum Gasteiger partial charge on any atom is 0.0556 e. The fraction of sp³-hybridized carbons (Fsp3) is 0.520. The standard InChI is InChI=1S/C25H36O/c1-4-6-13-22(5-2)18-19-26-21(3)20-25(23-14-9-7-10-15-23)24-16-11-8-12-17-24/h7-12,14-17,21-22,25H,4-6,13,18-20H2,1-3H3. The number of unbranched alkanes of at least 4 members (excludes halogenated alkanes) is 1. The summed E-state index contributed by atoms with van der Waals surface area (Å²) in [6.45, 7) is 7.70. The maximum atomic E-state index is 6.23. The van der Waals surface area contributed by atoms with Gasteiger partial charge in [0.25, 0.3) is 0 Å². The topological polar surface area (TPSA) is 9.23 Å². The molecule has 2 unspecified atom stereocenters. The van der Waals surface area contributed by atoms with E-state index in [4.69, 9.17) is 4.74 Å². The van der Waals surface area contributed by atoms with E-state index in [0.717, 1.165) is 18.9 Å². The minimum Gasteiger partial charge on any atom is -0.378 e. The smallest absolute Gasteiger partial charge is 0.0556 e. The molecular weight excluding hydrogens is 316 g/mol. The van der Waals surface area contributed by atoms with Crippen molar-refractivity contribution in [2.24, 2.45) is 5.92 Å². The van der Waals surface area contributed by atoms with Crippen molar-refractivity contribution in [3.05, 3.63) is 71.8 Å². The second-order valence-electron chi connectivity index (χ2n) is 7.50. The van der Waals surface area contributed by atoms with Crippen LogP contribution in [0.1, 0.15) is 76.3 Å². The molecule has 2 rings (SSSR count). The average Bonchev–Trinajstić information content (AvgIpc) is 2.70. The summed E-state index contributed by atoms with van der Waals surface area (Å²) in [6.07, 6.45) is 7.75. The highest BCUT2D eigenvalue weighted by Crippen LogP contribution is 2.30. The van der Waals surface area contributed by atoms with Crippen molar-refractivity contribution in [3.8, 4) is 0 Å². The SMILES string of the molecule is CCCCC(CC)CCOC(C)CC(c1ccccc1)c1ccccc1. The van der Waals surface area contributed by atoms with Gasteiger partial charge < -0.3 is 4.74 Å². The van der Waals surface area contributed by atoms with E-state index in [1.165, 1.54) is 43.2 Å². The van der Waals surface area contributed by atoms with Crippen LogP contribution in [0.5, 0.6) is 0 Å². The summed E-state index contributed by atoms with van der Waals surface area (Å²) in [6, 6.07) is 21.7. The van der Waals surface area contributed by atoms with Gasteiger partial charge in [-0.1, -0.05) is 100 Å². The van der Waals surface area contributed by atoms with Crippen LogP contribution in [0.25, 0.3) is 0 Å². The molecule has 0 saturated carbocycles. The van der Waals surface area contributed by atoms with Crippen LogP contribution in [-0.4, -0.2) is 12.7 Å². The summed E-state index contributed by atoms with van der Waals surface area (Å²) in [5.41, 5.74) is 2.76. The number of hydrogen-bond acceptors (Lipinski definition) is 1. The minimum absolute atomic E-state index is 0.268. The maximum absolute atomic E-state index is 6.23. The monoisotopic (exact) mass is 352 g/mol. The van der Waals surface area contributed by atoms with Crippen LogP contribution in [0.2, 0.25) is 0 Å². The molecular formula is C25H36O. The summed E-state index contributed by atoms with van der Waals surface area (Å²) < 4.78 is 6.23. The molecule has 0 radical (unpaired) electrons. The molecule has 2 aromatic rings. The molecule has 0 bridgehead atoms. The first-order valence-corrected chi connectivity index (χ1v) is 10.5. The molecule has 0 aliphatic heterocycles. The second kappa shape index (κ2) is 11.9. The Hall–Kier alpha value is -1.60. The lowest BCUT2D eigenvalue weighted by molar-refractivity contribution is 0.0475. The Bertz CT molecular complexity index is 538. The van der Waals surface area contributed by atoms with Gasteiger partial charge in [-0.3, -0.25) is 0 Å². The van der Waals surface area contributed by atoms with Gasteiger partial charge in [0, 0.05) is 12.5 Å². The molecule has 0 saturated heterocycles. The lowest BCUT2D eigenvalue weighted by Crippen LogP contribution is -2.16. The van der Waals surface area contributed by atoms with E-state index in [0.29, 0.717) is 5.92 Å². The highest BCUT2D eigenvalue weighted by molar-refractivity contribution is 5.32. The van der Waals surface area contributed by atoms with E-state index >= 15 is 0 Å². The lowest BCUT2D eigenvalue weighted by atomic mass is 9.87. The Labute approximate surface area is 160 Å². The first-order chi connectivity index (χ1) is 12.7. The predicted octanol–water partition coefficient (Wildman–Crippen LogP) is 7.22. The van der Waals surface area contributed by atoms with E-state index in [1.54, 1.807) is 0 Å². The van der Waals surface area contributed by atoms with E-state index in [9.17, 15) is 0 Å². The third kappa shape index (κ3) is 6.96. The third-order valence-electron chi connectivity index (χ3n) is 5.44. The molecule has 0 aliphatic carbocycles. The van der Waals surface area contributed by atoms with Gasteiger partial charge in [-0.25, -0.2) is 0 Å². The van der Waals surface area contributed by atoms with Gasteiger partial charge >= 0.3 is 0 Å². The van der Waals surface area contributed by atoms with Crippen molar-refractivity contribution in [2.75, 3.05) is 6.61 Å². The van der Waals surface area contributed by atoms with E-state index in [-0.39, 0.29) is 6.10 Å². The summed E-state index contributed by atoms with van der Waals surface area (Å²) in [5, 5.41) is 0. The largest absolute Gasteiger partial charge is 0.378 e. The Morgan fingerprint density at radius 2 is 1.38 bits per heavy atom. The predicted molar refractivity (Wildman–Crippen MR) is 113 cm³/mol. The Morgan fingerprint density at radius 1 is 0.808 bits per heavy atom. The molecule has 1 heteroatoms. The number of rotatable bonds is 12. The average molecular weight is 353 g/mol. The van der Waals surface area contributed by atoms with Crippen LogP contribution < -0.4 is 0 Å².